The number of para-hydroxylation sites is 4. The van der Waals surface area contributed by atoms with Gasteiger partial charge < -0.3 is 19.0 Å². The van der Waals surface area contributed by atoms with E-state index in [0.29, 0.717) is 0 Å². The fourth-order valence-corrected chi connectivity index (χ4v) is 9.39. The van der Waals surface area contributed by atoms with Gasteiger partial charge in [0.25, 0.3) is 0 Å². The first-order valence-electron chi connectivity index (χ1n) is 18.8. The van der Waals surface area contributed by atoms with Crippen molar-refractivity contribution in [3.05, 3.63) is 182 Å². The van der Waals surface area contributed by atoms with E-state index in [0.717, 1.165) is 34.7 Å². The smallest absolute Gasteiger partial charge is 0.0792 e. The molecule has 4 nitrogen and oxygen atoms in total. The largest absolute Gasteiger partial charge is 0.353 e. The standard InChI is InChI=1S/C50H34N4/c1-5-15-34(16-6-1)52(35-17-7-2-8-18-35)38-27-28-40-42-30-33-26-25-32-29-41-39-23-13-14-24-43(39)51-47(41)49-45(32)46(33)50(54(49)37-21-11-4-12-22-37)48(42)53(44(40)31-38)36-19-9-3-10-20-36/h1-19,21-31,36,51H,20H2. The zero-order valence-corrected chi connectivity index (χ0v) is 29.4. The van der Waals surface area contributed by atoms with Crippen molar-refractivity contribution in [1.29, 1.82) is 0 Å². The molecule has 1 unspecified atom stereocenters. The van der Waals surface area contributed by atoms with Crippen LogP contribution in [0.3, 0.4) is 0 Å². The molecule has 1 N–H and O–H groups in total. The molecule has 54 heavy (non-hydrogen) atoms. The summed E-state index contributed by atoms with van der Waals surface area (Å²) in [5.41, 5.74) is 11.9. The van der Waals surface area contributed by atoms with E-state index in [1.54, 1.807) is 0 Å². The van der Waals surface area contributed by atoms with E-state index in [9.17, 15) is 0 Å². The topological polar surface area (TPSA) is 28.9 Å². The molecule has 0 fully saturated rings. The number of fused-ring (bicyclic) bond motifs is 8. The molecule has 0 spiro atoms. The lowest BCUT2D eigenvalue weighted by molar-refractivity contribution is 0.649. The maximum Gasteiger partial charge on any atom is 0.0792 e. The number of allylic oxidation sites excluding steroid dienone is 4. The van der Waals surface area contributed by atoms with E-state index in [1.165, 1.54) is 70.7 Å². The Kier molecular flexibility index (Phi) is 6.14. The molecule has 0 amide bonds. The van der Waals surface area contributed by atoms with Crippen LogP contribution < -0.4 is 4.90 Å². The number of nitrogens with zero attached hydrogens (tertiary/aromatic N) is 3. The highest BCUT2D eigenvalue weighted by atomic mass is 15.1. The van der Waals surface area contributed by atoms with Gasteiger partial charge >= 0.3 is 0 Å². The second kappa shape index (κ2) is 11.2. The fourth-order valence-electron chi connectivity index (χ4n) is 9.39. The summed E-state index contributed by atoms with van der Waals surface area (Å²) >= 11 is 0. The molecule has 0 aliphatic heterocycles. The van der Waals surface area contributed by atoms with E-state index < -0.39 is 0 Å². The van der Waals surface area contributed by atoms with Crippen LogP contribution in [0.5, 0.6) is 0 Å². The Labute approximate surface area is 311 Å². The van der Waals surface area contributed by atoms with Gasteiger partial charge in [-0.05, 0) is 83.9 Å². The molecular formula is C50H34N4. The van der Waals surface area contributed by atoms with Crippen LogP contribution in [-0.4, -0.2) is 14.1 Å². The molecular weight excluding hydrogens is 657 g/mol. The highest BCUT2D eigenvalue weighted by Crippen LogP contribution is 2.49. The van der Waals surface area contributed by atoms with Crippen molar-refractivity contribution in [2.24, 2.45) is 0 Å². The van der Waals surface area contributed by atoms with Crippen LogP contribution in [0.25, 0.3) is 81.9 Å². The highest BCUT2D eigenvalue weighted by molar-refractivity contribution is 6.36. The summed E-state index contributed by atoms with van der Waals surface area (Å²) in [7, 11) is 0. The molecule has 254 valence electrons. The number of aromatic amines is 1. The van der Waals surface area contributed by atoms with Crippen molar-refractivity contribution in [2.75, 3.05) is 4.90 Å². The first kappa shape index (κ1) is 29.5. The molecule has 1 aliphatic rings. The van der Waals surface area contributed by atoms with Gasteiger partial charge in [-0.25, -0.2) is 0 Å². The summed E-state index contributed by atoms with van der Waals surface area (Å²) in [4.78, 5) is 6.26. The van der Waals surface area contributed by atoms with Gasteiger partial charge in [0.1, 0.15) is 0 Å². The molecule has 3 heterocycles. The Bertz CT molecular complexity index is 3250. The Hall–Kier alpha value is -7.04. The minimum absolute atomic E-state index is 0.148. The van der Waals surface area contributed by atoms with Crippen molar-refractivity contribution < 1.29 is 0 Å². The summed E-state index contributed by atoms with van der Waals surface area (Å²) < 4.78 is 5.20. The first-order valence-corrected chi connectivity index (χ1v) is 18.8. The monoisotopic (exact) mass is 690 g/mol. The molecule has 0 radical (unpaired) electrons. The molecule has 1 atom stereocenters. The summed E-state index contributed by atoms with van der Waals surface area (Å²) in [5.74, 6) is 0. The molecule has 4 heteroatoms. The summed E-state index contributed by atoms with van der Waals surface area (Å²) in [6.07, 6.45) is 10.0. The minimum Gasteiger partial charge on any atom is -0.353 e. The number of rotatable bonds is 5. The van der Waals surface area contributed by atoms with Crippen molar-refractivity contribution >= 4 is 93.3 Å². The Balaban J connectivity index is 1.28. The zero-order valence-electron chi connectivity index (χ0n) is 29.4. The number of benzene rings is 8. The zero-order chi connectivity index (χ0) is 35.3. The predicted molar refractivity (Wildman–Crippen MR) is 228 cm³/mol. The van der Waals surface area contributed by atoms with E-state index in [4.69, 9.17) is 0 Å². The lowest BCUT2D eigenvalue weighted by atomic mass is 9.98. The lowest BCUT2D eigenvalue weighted by Crippen LogP contribution is -2.11. The molecule has 11 aromatic rings. The summed E-state index contributed by atoms with van der Waals surface area (Å²) in [6.45, 7) is 0. The number of anilines is 3. The molecule has 0 saturated heterocycles. The lowest BCUT2D eigenvalue weighted by Gasteiger charge is -2.26. The van der Waals surface area contributed by atoms with E-state index >= 15 is 0 Å². The SMILES string of the molecule is C1=CCC(n2c3cc(N(c4ccccc4)c4ccccc4)ccc3c3cc4ccc5cc6c7ccccc7[nH]c6c6c5c4c(c32)n6-c2ccccc2)C=C1. The average Bonchev–Trinajstić information content (AvgIpc) is 3.90. The van der Waals surface area contributed by atoms with Crippen molar-refractivity contribution in [1.82, 2.24) is 14.1 Å². The predicted octanol–water partition coefficient (Wildman–Crippen LogP) is 13.6. The van der Waals surface area contributed by atoms with Crippen LogP contribution in [0.1, 0.15) is 12.5 Å². The van der Waals surface area contributed by atoms with Gasteiger partial charge in [0, 0.05) is 60.6 Å². The fraction of sp³-hybridized carbons (Fsp3) is 0.0400. The molecule has 3 aromatic heterocycles. The first-order chi connectivity index (χ1) is 26.8. The van der Waals surface area contributed by atoms with Crippen LogP contribution in [0.2, 0.25) is 0 Å². The molecule has 12 rings (SSSR count). The van der Waals surface area contributed by atoms with Gasteiger partial charge in [-0.2, -0.15) is 0 Å². The Morgan fingerprint density at radius 1 is 0.519 bits per heavy atom. The molecule has 0 bridgehead atoms. The number of aromatic nitrogens is 3. The van der Waals surface area contributed by atoms with Gasteiger partial charge in [-0.15, -0.1) is 0 Å². The summed E-state index contributed by atoms with van der Waals surface area (Å²) in [6, 6.07) is 57.8. The van der Waals surface area contributed by atoms with Gasteiger partial charge in [-0.3, -0.25) is 0 Å². The number of hydrogen-bond donors (Lipinski definition) is 1. The number of H-pyrrole nitrogens is 1. The Morgan fingerprint density at radius 2 is 1.19 bits per heavy atom. The van der Waals surface area contributed by atoms with Crippen LogP contribution >= 0.6 is 0 Å². The van der Waals surface area contributed by atoms with Crippen molar-refractivity contribution in [3.8, 4) is 5.69 Å². The third-order valence-electron chi connectivity index (χ3n) is 11.6. The summed E-state index contributed by atoms with van der Waals surface area (Å²) in [5, 5.41) is 10.2. The average molecular weight is 691 g/mol. The number of nitrogens with one attached hydrogen (secondary N) is 1. The molecule has 8 aromatic carbocycles. The second-order valence-corrected chi connectivity index (χ2v) is 14.6. The highest BCUT2D eigenvalue weighted by Gasteiger charge is 2.28. The third-order valence-corrected chi connectivity index (χ3v) is 11.6. The van der Waals surface area contributed by atoms with Crippen LogP contribution in [-0.2, 0) is 0 Å². The van der Waals surface area contributed by atoms with Gasteiger partial charge in [0.15, 0.2) is 0 Å². The van der Waals surface area contributed by atoms with Crippen LogP contribution in [0, 0.1) is 0 Å². The Morgan fingerprint density at radius 3 is 1.91 bits per heavy atom. The molecule has 0 saturated carbocycles. The van der Waals surface area contributed by atoms with E-state index in [2.05, 4.69) is 201 Å². The van der Waals surface area contributed by atoms with Gasteiger partial charge in [0.05, 0.1) is 33.6 Å². The maximum absolute atomic E-state index is 3.89. The van der Waals surface area contributed by atoms with Crippen molar-refractivity contribution in [2.45, 2.75) is 12.5 Å². The number of hydrogen-bond acceptors (Lipinski definition) is 1. The van der Waals surface area contributed by atoms with Gasteiger partial charge in [-0.1, -0.05) is 115 Å². The minimum atomic E-state index is 0.148. The van der Waals surface area contributed by atoms with Crippen LogP contribution in [0.15, 0.2) is 182 Å². The second-order valence-electron chi connectivity index (χ2n) is 14.6. The van der Waals surface area contributed by atoms with Crippen molar-refractivity contribution in [3.63, 3.8) is 0 Å². The van der Waals surface area contributed by atoms with Gasteiger partial charge in [0.2, 0.25) is 0 Å². The quantitative estimate of drug-likeness (QED) is 0.179. The normalized spacial score (nSPS) is 14.6. The molecule has 1 aliphatic carbocycles. The van der Waals surface area contributed by atoms with E-state index in [-0.39, 0.29) is 6.04 Å². The van der Waals surface area contributed by atoms with E-state index in [1.807, 2.05) is 0 Å². The third kappa shape index (κ3) is 4.08. The van der Waals surface area contributed by atoms with Crippen LogP contribution in [0.4, 0.5) is 17.1 Å². The maximum atomic E-state index is 3.89.